The highest BCUT2D eigenvalue weighted by molar-refractivity contribution is 9.10. The molecule has 0 aliphatic rings. The number of ether oxygens (including phenoxy) is 1. The number of halogens is 1. The Morgan fingerprint density at radius 1 is 1.26 bits per heavy atom. The van der Waals surface area contributed by atoms with Crippen LogP contribution in [0.4, 0.5) is 5.69 Å². The molecule has 0 atom stereocenters. The normalized spacial score (nSPS) is 11.1. The van der Waals surface area contributed by atoms with Gasteiger partial charge in [0.15, 0.2) is 6.61 Å². The first-order valence-corrected chi connectivity index (χ1v) is 9.59. The van der Waals surface area contributed by atoms with E-state index in [0.717, 1.165) is 32.6 Å². The van der Waals surface area contributed by atoms with Crippen LogP contribution >= 0.6 is 15.9 Å². The maximum atomic E-state index is 12.0. The van der Waals surface area contributed by atoms with E-state index in [0.29, 0.717) is 5.92 Å². The molecule has 27 heavy (non-hydrogen) atoms. The van der Waals surface area contributed by atoms with Gasteiger partial charge in [-0.2, -0.15) is 5.10 Å². The molecule has 0 saturated heterocycles. The number of nitrogens with zero attached hydrogens (tertiary/aromatic N) is 2. The quantitative estimate of drug-likeness (QED) is 0.519. The molecule has 0 spiro atoms. The summed E-state index contributed by atoms with van der Waals surface area (Å²) in [5.74, 6) is 0.721. The molecule has 2 aromatic rings. The zero-order valence-electron chi connectivity index (χ0n) is 16.4. The Morgan fingerprint density at radius 2 is 1.93 bits per heavy atom. The lowest BCUT2D eigenvalue weighted by molar-refractivity contribution is -0.123. The first-order chi connectivity index (χ1) is 12.8. The van der Waals surface area contributed by atoms with E-state index < -0.39 is 0 Å². The summed E-state index contributed by atoms with van der Waals surface area (Å²) in [6, 6.07) is 11.9. The fraction of sp³-hybridized carbons (Fsp3) is 0.333. The zero-order valence-corrected chi connectivity index (χ0v) is 18.0. The van der Waals surface area contributed by atoms with Gasteiger partial charge < -0.3 is 9.64 Å². The lowest BCUT2D eigenvalue weighted by atomic mass is 10.0. The van der Waals surface area contributed by atoms with Gasteiger partial charge in [0.25, 0.3) is 5.91 Å². The second kappa shape index (κ2) is 9.55. The van der Waals surface area contributed by atoms with Crippen LogP contribution in [0.1, 0.15) is 36.5 Å². The van der Waals surface area contributed by atoms with Crippen LogP contribution in [0, 0.1) is 6.92 Å². The Morgan fingerprint density at radius 3 is 2.52 bits per heavy atom. The van der Waals surface area contributed by atoms with Crippen LogP contribution < -0.4 is 15.1 Å². The number of aryl methyl sites for hydroxylation is 1. The van der Waals surface area contributed by atoms with E-state index in [4.69, 9.17) is 4.74 Å². The number of hydrazone groups is 1. The molecule has 0 radical (unpaired) electrons. The topological polar surface area (TPSA) is 53.9 Å². The Bertz CT molecular complexity index is 815. The van der Waals surface area contributed by atoms with Gasteiger partial charge >= 0.3 is 0 Å². The number of anilines is 1. The molecule has 0 bridgehead atoms. The van der Waals surface area contributed by atoms with Crippen LogP contribution in [0.15, 0.2) is 46.0 Å². The van der Waals surface area contributed by atoms with Crippen molar-refractivity contribution in [3.05, 3.63) is 57.6 Å². The van der Waals surface area contributed by atoms with E-state index in [9.17, 15) is 4.79 Å². The van der Waals surface area contributed by atoms with Gasteiger partial charge in [-0.3, -0.25) is 4.79 Å². The van der Waals surface area contributed by atoms with Crippen molar-refractivity contribution in [3.63, 3.8) is 0 Å². The highest BCUT2D eigenvalue weighted by Gasteiger charge is 2.12. The van der Waals surface area contributed by atoms with Gasteiger partial charge in [-0.05, 0) is 53.8 Å². The molecule has 0 aliphatic carbocycles. The number of amides is 1. The second-order valence-electron chi connectivity index (χ2n) is 6.86. The Balaban J connectivity index is 1.92. The Labute approximate surface area is 169 Å². The highest BCUT2D eigenvalue weighted by Crippen LogP contribution is 2.32. The van der Waals surface area contributed by atoms with Crippen molar-refractivity contribution in [3.8, 4) is 5.75 Å². The standard InChI is InChI=1S/C21H26BrN3O2/c1-14(2)18-11-19(22)15(3)10-20(18)27-13-21(26)24-23-12-16-6-8-17(9-7-16)25(4)5/h6-12,14H,13H2,1-5H3,(H,24,26)/b23-12+. The number of carbonyl (C=O) groups excluding carboxylic acids is 1. The van der Waals surface area contributed by atoms with Gasteiger partial charge in [0.1, 0.15) is 5.75 Å². The van der Waals surface area contributed by atoms with E-state index in [1.54, 1.807) is 6.21 Å². The van der Waals surface area contributed by atoms with Crippen LogP contribution in [0.25, 0.3) is 0 Å². The van der Waals surface area contributed by atoms with Crippen molar-refractivity contribution in [2.24, 2.45) is 5.10 Å². The van der Waals surface area contributed by atoms with Crippen molar-refractivity contribution >= 4 is 33.7 Å². The summed E-state index contributed by atoms with van der Waals surface area (Å²) in [6.45, 7) is 6.09. The summed E-state index contributed by atoms with van der Waals surface area (Å²) in [6.07, 6.45) is 1.61. The number of hydrogen-bond acceptors (Lipinski definition) is 4. The molecule has 0 aliphatic heterocycles. The predicted molar refractivity (Wildman–Crippen MR) is 115 cm³/mol. The van der Waals surface area contributed by atoms with E-state index in [-0.39, 0.29) is 12.5 Å². The molecule has 1 N–H and O–H groups in total. The summed E-state index contributed by atoms with van der Waals surface area (Å²) in [5, 5.41) is 3.99. The number of benzene rings is 2. The Hall–Kier alpha value is -2.34. The van der Waals surface area contributed by atoms with E-state index in [2.05, 4.69) is 40.3 Å². The first kappa shape index (κ1) is 21.0. The minimum Gasteiger partial charge on any atom is -0.483 e. The van der Waals surface area contributed by atoms with Crippen LogP contribution in [-0.4, -0.2) is 32.8 Å². The average Bonchev–Trinajstić information content (AvgIpc) is 2.62. The summed E-state index contributed by atoms with van der Waals surface area (Å²) < 4.78 is 6.76. The number of rotatable bonds is 7. The van der Waals surface area contributed by atoms with Gasteiger partial charge in [-0.25, -0.2) is 5.43 Å². The van der Waals surface area contributed by atoms with Crippen molar-refractivity contribution in [2.75, 3.05) is 25.6 Å². The SMILES string of the molecule is Cc1cc(OCC(=O)N/N=C/c2ccc(N(C)C)cc2)c(C(C)C)cc1Br. The molecule has 0 unspecified atom stereocenters. The van der Waals surface area contributed by atoms with Gasteiger partial charge in [0.2, 0.25) is 0 Å². The fourth-order valence-corrected chi connectivity index (χ4v) is 2.82. The molecule has 0 heterocycles. The smallest absolute Gasteiger partial charge is 0.277 e. The predicted octanol–water partition coefficient (Wildman–Crippen LogP) is 4.48. The average molecular weight is 432 g/mol. The van der Waals surface area contributed by atoms with Crippen molar-refractivity contribution in [1.29, 1.82) is 0 Å². The van der Waals surface area contributed by atoms with E-state index in [1.165, 1.54) is 0 Å². The van der Waals surface area contributed by atoms with Crippen LogP contribution in [-0.2, 0) is 4.79 Å². The fourth-order valence-electron chi connectivity index (χ4n) is 2.46. The number of hydrogen-bond donors (Lipinski definition) is 1. The molecule has 5 nitrogen and oxygen atoms in total. The molecule has 1 amide bonds. The zero-order chi connectivity index (χ0) is 20.0. The maximum absolute atomic E-state index is 12.0. The van der Waals surface area contributed by atoms with Crippen molar-refractivity contribution in [1.82, 2.24) is 5.43 Å². The molecule has 6 heteroatoms. The van der Waals surface area contributed by atoms with Crippen LogP contribution in [0.3, 0.4) is 0 Å². The third-order valence-electron chi connectivity index (χ3n) is 4.08. The molecular formula is C21H26BrN3O2. The minimum atomic E-state index is -0.300. The summed E-state index contributed by atoms with van der Waals surface area (Å²) in [7, 11) is 3.97. The molecule has 144 valence electrons. The summed E-state index contributed by atoms with van der Waals surface area (Å²) in [4.78, 5) is 14.0. The van der Waals surface area contributed by atoms with Crippen LogP contribution in [0.5, 0.6) is 5.75 Å². The van der Waals surface area contributed by atoms with Crippen molar-refractivity contribution in [2.45, 2.75) is 26.7 Å². The summed E-state index contributed by atoms with van der Waals surface area (Å²) in [5.41, 5.74) is 6.64. The molecule has 2 aromatic carbocycles. The van der Waals surface area contributed by atoms with Gasteiger partial charge in [0, 0.05) is 24.3 Å². The number of nitrogens with one attached hydrogen (secondary N) is 1. The Kier molecular flexibility index (Phi) is 7.42. The van der Waals surface area contributed by atoms with Crippen LogP contribution in [0.2, 0.25) is 0 Å². The maximum Gasteiger partial charge on any atom is 0.277 e. The summed E-state index contributed by atoms with van der Waals surface area (Å²) >= 11 is 3.54. The molecule has 2 rings (SSSR count). The molecule has 0 fully saturated rings. The van der Waals surface area contributed by atoms with E-state index >= 15 is 0 Å². The molecule has 0 saturated carbocycles. The molecular weight excluding hydrogens is 406 g/mol. The van der Waals surface area contributed by atoms with Gasteiger partial charge in [-0.1, -0.05) is 41.9 Å². The monoisotopic (exact) mass is 431 g/mol. The lowest BCUT2D eigenvalue weighted by Gasteiger charge is -2.15. The van der Waals surface area contributed by atoms with Gasteiger partial charge in [0.05, 0.1) is 6.21 Å². The molecule has 0 aromatic heterocycles. The van der Waals surface area contributed by atoms with Crippen molar-refractivity contribution < 1.29 is 9.53 Å². The lowest BCUT2D eigenvalue weighted by Crippen LogP contribution is -2.25. The highest BCUT2D eigenvalue weighted by atomic mass is 79.9. The first-order valence-electron chi connectivity index (χ1n) is 8.80. The van der Waals surface area contributed by atoms with Gasteiger partial charge in [-0.15, -0.1) is 0 Å². The number of carbonyl (C=O) groups is 1. The largest absolute Gasteiger partial charge is 0.483 e. The minimum absolute atomic E-state index is 0.0856. The second-order valence-corrected chi connectivity index (χ2v) is 7.72. The third-order valence-corrected chi connectivity index (χ3v) is 4.94. The third kappa shape index (κ3) is 6.10. The van der Waals surface area contributed by atoms with E-state index in [1.807, 2.05) is 62.3 Å².